The van der Waals surface area contributed by atoms with Gasteiger partial charge in [-0.3, -0.25) is 4.79 Å². The molecule has 1 aliphatic rings. The molecular formula is C23H29NO4S. The lowest BCUT2D eigenvalue weighted by molar-refractivity contribution is -0.152. The number of carboxylic acids is 1. The zero-order valence-corrected chi connectivity index (χ0v) is 17.9. The van der Waals surface area contributed by atoms with E-state index in [-0.39, 0.29) is 17.9 Å². The van der Waals surface area contributed by atoms with Crippen molar-refractivity contribution in [2.24, 2.45) is 0 Å². The van der Waals surface area contributed by atoms with Crippen LogP contribution < -0.4 is 0 Å². The van der Waals surface area contributed by atoms with Crippen LogP contribution in [0, 0.1) is 0 Å². The van der Waals surface area contributed by atoms with Gasteiger partial charge in [-0.1, -0.05) is 75.2 Å². The fourth-order valence-corrected chi connectivity index (χ4v) is 6.29. The van der Waals surface area contributed by atoms with Gasteiger partial charge in [0.25, 0.3) is 0 Å². The minimum Gasteiger partial charge on any atom is -0.480 e. The van der Waals surface area contributed by atoms with Gasteiger partial charge in [-0.15, -0.1) is 0 Å². The van der Waals surface area contributed by atoms with E-state index in [1.54, 1.807) is 18.2 Å². The van der Waals surface area contributed by atoms with Crippen molar-refractivity contribution in [3.05, 3.63) is 66.2 Å². The molecule has 3 rings (SSSR count). The Morgan fingerprint density at radius 1 is 1.07 bits per heavy atom. The van der Waals surface area contributed by atoms with Gasteiger partial charge in [0.2, 0.25) is 10.0 Å². The van der Waals surface area contributed by atoms with Crippen molar-refractivity contribution in [3.8, 4) is 0 Å². The first-order valence-electron chi connectivity index (χ1n) is 10.1. The summed E-state index contributed by atoms with van der Waals surface area (Å²) in [6.07, 6.45) is 2.58. The molecule has 1 saturated heterocycles. The van der Waals surface area contributed by atoms with Gasteiger partial charge in [-0.2, -0.15) is 4.31 Å². The molecule has 29 heavy (non-hydrogen) atoms. The second-order valence-electron chi connectivity index (χ2n) is 8.18. The molecule has 0 aliphatic carbocycles. The Balaban J connectivity index is 2.11. The van der Waals surface area contributed by atoms with Gasteiger partial charge < -0.3 is 5.11 Å². The Labute approximate surface area is 173 Å². The van der Waals surface area contributed by atoms with E-state index in [0.29, 0.717) is 19.3 Å². The third-order valence-corrected chi connectivity index (χ3v) is 8.15. The van der Waals surface area contributed by atoms with Gasteiger partial charge in [0.05, 0.1) is 4.90 Å². The van der Waals surface area contributed by atoms with Crippen molar-refractivity contribution in [2.45, 2.75) is 61.8 Å². The number of piperidine rings is 1. The average Bonchev–Trinajstić information content (AvgIpc) is 2.73. The van der Waals surface area contributed by atoms with Crippen LogP contribution in [0.25, 0.3) is 0 Å². The van der Waals surface area contributed by atoms with E-state index >= 15 is 0 Å². The van der Waals surface area contributed by atoms with Crippen LogP contribution in [-0.4, -0.2) is 35.9 Å². The van der Waals surface area contributed by atoms with Crippen LogP contribution in [0.5, 0.6) is 0 Å². The first-order chi connectivity index (χ1) is 13.8. The molecule has 0 radical (unpaired) electrons. The lowest BCUT2D eigenvalue weighted by atomic mass is 9.66. The van der Waals surface area contributed by atoms with Gasteiger partial charge >= 0.3 is 5.97 Å². The van der Waals surface area contributed by atoms with Crippen molar-refractivity contribution >= 4 is 16.0 Å². The molecule has 1 aliphatic heterocycles. The summed E-state index contributed by atoms with van der Waals surface area (Å²) in [5.41, 5.74) is -0.817. The SMILES string of the molecule is CCCCC1(C(=O)O)CC(C)(c2ccccc2)CCN1S(=O)(=O)c1ccccc1. The fraction of sp³-hybridized carbons (Fsp3) is 0.435. The molecule has 1 N–H and O–H groups in total. The predicted octanol–water partition coefficient (Wildman–Crippen LogP) is 4.44. The highest BCUT2D eigenvalue weighted by molar-refractivity contribution is 7.89. The highest BCUT2D eigenvalue weighted by atomic mass is 32.2. The minimum absolute atomic E-state index is 0.144. The zero-order valence-electron chi connectivity index (χ0n) is 17.0. The lowest BCUT2D eigenvalue weighted by Crippen LogP contribution is -2.63. The standard InChI is InChI=1S/C23H29NO4S/c1-3-4-15-23(21(25)26)18-22(2,19-11-7-5-8-12-19)16-17-24(23)29(27,28)20-13-9-6-10-14-20/h5-14H,3-4,15-18H2,1-2H3,(H,25,26). The zero-order chi connectivity index (χ0) is 21.1. The quantitative estimate of drug-likeness (QED) is 0.725. The highest BCUT2D eigenvalue weighted by Gasteiger charge is 2.56. The van der Waals surface area contributed by atoms with Crippen LogP contribution in [0.1, 0.15) is 51.5 Å². The first kappa shape index (κ1) is 21.5. The molecule has 2 aromatic rings. The van der Waals surface area contributed by atoms with Crippen molar-refractivity contribution in [1.29, 1.82) is 0 Å². The summed E-state index contributed by atoms with van der Waals surface area (Å²) in [4.78, 5) is 12.8. The molecule has 0 aromatic heterocycles. The Morgan fingerprint density at radius 2 is 1.66 bits per heavy atom. The Bertz CT molecular complexity index is 945. The van der Waals surface area contributed by atoms with Gasteiger partial charge in [0, 0.05) is 6.54 Å². The normalized spacial score (nSPS) is 25.6. The number of sulfonamides is 1. The summed E-state index contributed by atoms with van der Waals surface area (Å²) >= 11 is 0. The second-order valence-corrected chi connectivity index (χ2v) is 10.0. The second kappa shape index (κ2) is 8.28. The summed E-state index contributed by atoms with van der Waals surface area (Å²) in [5, 5.41) is 10.4. The smallest absolute Gasteiger partial charge is 0.325 e. The summed E-state index contributed by atoms with van der Waals surface area (Å²) in [7, 11) is -3.92. The third kappa shape index (κ3) is 3.96. The Morgan fingerprint density at radius 3 is 2.21 bits per heavy atom. The molecule has 1 fully saturated rings. The van der Waals surface area contributed by atoms with E-state index in [4.69, 9.17) is 0 Å². The van der Waals surface area contributed by atoms with Crippen LogP contribution in [-0.2, 0) is 20.2 Å². The molecule has 0 spiro atoms. The average molecular weight is 416 g/mol. The summed E-state index contributed by atoms with van der Waals surface area (Å²) in [5.74, 6) is -1.06. The number of nitrogens with zero attached hydrogens (tertiary/aromatic N) is 1. The summed E-state index contributed by atoms with van der Waals surface area (Å²) in [6, 6.07) is 18.0. The maximum absolute atomic E-state index is 13.5. The van der Waals surface area contributed by atoms with E-state index < -0.39 is 26.9 Å². The molecule has 0 saturated carbocycles. The van der Waals surface area contributed by atoms with Crippen LogP contribution in [0.3, 0.4) is 0 Å². The number of rotatable bonds is 7. The molecule has 0 bridgehead atoms. The number of carbonyl (C=O) groups is 1. The van der Waals surface area contributed by atoms with Crippen LogP contribution in [0.15, 0.2) is 65.6 Å². The number of hydrogen-bond donors (Lipinski definition) is 1. The number of carboxylic acid groups (broad SMARTS) is 1. The number of hydrogen-bond acceptors (Lipinski definition) is 3. The van der Waals surface area contributed by atoms with Crippen molar-refractivity contribution in [3.63, 3.8) is 0 Å². The molecule has 1 heterocycles. The lowest BCUT2D eigenvalue weighted by Gasteiger charge is -2.50. The van der Waals surface area contributed by atoms with Crippen molar-refractivity contribution in [1.82, 2.24) is 4.31 Å². The van der Waals surface area contributed by atoms with Crippen molar-refractivity contribution in [2.75, 3.05) is 6.54 Å². The van der Waals surface area contributed by atoms with Crippen LogP contribution in [0.4, 0.5) is 0 Å². The fourth-order valence-electron chi connectivity index (χ4n) is 4.51. The molecule has 5 nitrogen and oxygen atoms in total. The Kier molecular flexibility index (Phi) is 6.15. The van der Waals surface area contributed by atoms with E-state index in [0.717, 1.165) is 12.0 Å². The van der Waals surface area contributed by atoms with Gasteiger partial charge in [0.15, 0.2) is 0 Å². The molecule has 2 unspecified atom stereocenters. The molecule has 0 amide bonds. The minimum atomic E-state index is -3.92. The molecule has 6 heteroatoms. The van der Waals surface area contributed by atoms with Gasteiger partial charge in [0.1, 0.15) is 5.54 Å². The largest absolute Gasteiger partial charge is 0.480 e. The number of benzene rings is 2. The van der Waals surface area contributed by atoms with Gasteiger partial charge in [-0.05, 0) is 42.4 Å². The molecule has 156 valence electrons. The van der Waals surface area contributed by atoms with E-state index in [2.05, 4.69) is 6.92 Å². The summed E-state index contributed by atoms with van der Waals surface area (Å²) in [6.45, 7) is 4.22. The predicted molar refractivity (Wildman–Crippen MR) is 113 cm³/mol. The molecular weight excluding hydrogens is 386 g/mol. The van der Waals surface area contributed by atoms with E-state index in [1.807, 2.05) is 37.3 Å². The Hall–Kier alpha value is -2.18. The highest BCUT2D eigenvalue weighted by Crippen LogP contribution is 2.47. The maximum Gasteiger partial charge on any atom is 0.325 e. The van der Waals surface area contributed by atoms with Crippen molar-refractivity contribution < 1.29 is 18.3 Å². The van der Waals surface area contributed by atoms with Crippen LogP contribution in [0.2, 0.25) is 0 Å². The molecule has 2 aromatic carbocycles. The van der Waals surface area contributed by atoms with E-state index in [9.17, 15) is 18.3 Å². The maximum atomic E-state index is 13.5. The molecule has 2 atom stereocenters. The van der Waals surface area contributed by atoms with E-state index in [1.165, 1.54) is 16.4 Å². The number of unbranched alkanes of at least 4 members (excludes halogenated alkanes) is 1. The number of aliphatic carboxylic acids is 1. The monoisotopic (exact) mass is 415 g/mol. The third-order valence-electron chi connectivity index (χ3n) is 6.17. The van der Waals surface area contributed by atoms with Gasteiger partial charge in [-0.25, -0.2) is 8.42 Å². The topological polar surface area (TPSA) is 74.7 Å². The first-order valence-corrected chi connectivity index (χ1v) is 11.6. The van der Waals surface area contributed by atoms with Crippen LogP contribution >= 0.6 is 0 Å². The summed E-state index contributed by atoms with van der Waals surface area (Å²) < 4.78 is 28.2.